The molecule has 1 aromatic heterocycles. The third kappa shape index (κ3) is 4.46. The van der Waals surface area contributed by atoms with Crippen LogP contribution in [0.1, 0.15) is 44.9 Å². The first kappa shape index (κ1) is 17.2. The Labute approximate surface area is 148 Å². The number of hydrogen-bond donors (Lipinski definition) is 1. The second-order valence-corrected chi connectivity index (χ2v) is 7.96. The van der Waals surface area contributed by atoms with Crippen LogP contribution in [0.2, 0.25) is 0 Å². The van der Waals surface area contributed by atoms with E-state index in [1.807, 2.05) is 12.1 Å². The van der Waals surface area contributed by atoms with Gasteiger partial charge in [-0.2, -0.15) is 0 Å². The van der Waals surface area contributed by atoms with Crippen LogP contribution in [0.25, 0.3) is 0 Å². The topological polar surface area (TPSA) is 32.3 Å². The summed E-state index contributed by atoms with van der Waals surface area (Å²) in [6, 6.07) is 10.3. The molecule has 4 heteroatoms. The molecule has 1 aliphatic carbocycles. The molecule has 0 spiro atoms. The van der Waals surface area contributed by atoms with Crippen LogP contribution in [0.3, 0.4) is 0 Å². The fraction of sp³-hybridized carbons (Fsp3) is 0.450. The molecular weight excluding hydrogens is 316 g/mol. The van der Waals surface area contributed by atoms with Crippen LogP contribution in [-0.4, -0.2) is 31.4 Å². The normalized spacial score (nSPS) is 14.3. The van der Waals surface area contributed by atoms with Gasteiger partial charge < -0.3 is 10.2 Å². The molecule has 0 saturated carbocycles. The van der Waals surface area contributed by atoms with Crippen molar-refractivity contribution in [1.29, 1.82) is 0 Å². The average Bonchev–Trinajstić information content (AvgIpc) is 2.85. The van der Waals surface area contributed by atoms with E-state index in [0.717, 1.165) is 36.4 Å². The number of hydrogen-bond acceptors (Lipinski definition) is 3. The molecule has 3 rings (SSSR count). The van der Waals surface area contributed by atoms with Gasteiger partial charge in [0.15, 0.2) is 0 Å². The zero-order valence-electron chi connectivity index (χ0n) is 14.6. The van der Waals surface area contributed by atoms with Crippen molar-refractivity contribution in [3.05, 3.63) is 51.2 Å². The molecule has 1 amide bonds. The Morgan fingerprint density at radius 3 is 2.62 bits per heavy atom. The van der Waals surface area contributed by atoms with E-state index in [1.54, 1.807) is 11.3 Å². The SMILES string of the molecule is CN(C)CCc1ccc(NC(=O)c2cc3c(s2)CCCCC3)cc1. The van der Waals surface area contributed by atoms with Gasteiger partial charge in [-0.3, -0.25) is 4.79 Å². The fourth-order valence-corrected chi connectivity index (χ4v) is 4.23. The standard InChI is InChI=1S/C20H26N2OS/c1-22(2)13-12-15-8-10-17(11-9-15)21-20(23)19-14-16-6-4-3-5-7-18(16)24-19/h8-11,14H,3-7,12-13H2,1-2H3,(H,21,23). The number of carbonyl (C=O) groups is 1. The summed E-state index contributed by atoms with van der Waals surface area (Å²) >= 11 is 1.67. The fourth-order valence-electron chi connectivity index (χ4n) is 3.08. The average molecular weight is 343 g/mol. The number of carbonyl (C=O) groups excluding carboxylic acids is 1. The van der Waals surface area contributed by atoms with Gasteiger partial charge in [-0.1, -0.05) is 18.6 Å². The highest BCUT2D eigenvalue weighted by atomic mass is 32.1. The van der Waals surface area contributed by atoms with Gasteiger partial charge in [0.05, 0.1) is 4.88 Å². The lowest BCUT2D eigenvalue weighted by Gasteiger charge is -2.10. The maximum atomic E-state index is 12.5. The second kappa shape index (κ2) is 7.95. The van der Waals surface area contributed by atoms with Crippen LogP contribution in [0.4, 0.5) is 5.69 Å². The van der Waals surface area contributed by atoms with Crippen molar-refractivity contribution in [2.24, 2.45) is 0 Å². The maximum Gasteiger partial charge on any atom is 0.265 e. The molecule has 0 aliphatic heterocycles. The Morgan fingerprint density at radius 2 is 1.88 bits per heavy atom. The molecule has 1 heterocycles. The summed E-state index contributed by atoms with van der Waals surface area (Å²) < 4.78 is 0. The lowest BCUT2D eigenvalue weighted by Crippen LogP contribution is -2.15. The monoisotopic (exact) mass is 342 g/mol. The quantitative estimate of drug-likeness (QED) is 0.818. The summed E-state index contributed by atoms with van der Waals surface area (Å²) in [5.41, 5.74) is 3.56. The molecule has 0 bridgehead atoms. The Hall–Kier alpha value is -1.65. The van der Waals surface area contributed by atoms with E-state index in [0.29, 0.717) is 0 Å². The molecule has 2 aromatic rings. The van der Waals surface area contributed by atoms with Gasteiger partial charge in [-0.05, 0) is 75.5 Å². The van der Waals surface area contributed by atoms with Gasteiger partial charge in [0.1, 0.15) is 0 Å². The van der Waals surface area contributed by atoms with Crippen molar-refractivity contribution >= 4 is 22.9 Å². The lowest BCUT2D eigenvalue weighted by molar-refractivity contribution is 0.103. The molecule has 128 valence electrons. The van der Waals surface area contributed by atoms with Gasteiger partial charge in [-0.15, -0.1) is 11.3 Å². The van der Waals surface area contributed by atoms with Crippen molar-refractivity contribution in [3.8, 4) is 0 Å². The first-order valence-corrected chi connectivity index (χ1v) is 9.60. The van der Waals surface area contributed by atoms with Crippen LogP contribution >= 0.6 is 11.3 Å². The summed E-state index contributed by atoms with van der Waals surface area (Å²) in [5.74, 6) is 0.0223. The maximum absolute atomic E-state index is 12.5. The number of fused-ring (bicyclic) bond motifs is 1. The molecular formula is C20H26N2OS. The lowest BCUT2D eigenvalue weighted by atomic mass is 10.1. The molecule has 24 heavy (non-hydrogen) atoms. The third-order valence-electron chi connectivity index (χ3n) is 4.53. The molecule has 0 saturated heterocycles. The highest BCUT2D eigenvalue weighted by Gasteiger charge is 2.16. The van der Waals surface area contributed by atoms with E-state index in [4.69, 9.17) is 0 Å². The summed E-state index contributed by atoms with van der Waals surface area (Å²) in [5, 5.41) is 3.04. The first-order valence-electron chi connectivity index (χ1n) is 8.78. The zero-order valence-corrected chi connectivity index (χ0v) is 15.4. The number of aryl methyl sites for hydroxylation is 2. The number of anilines is 1. The van der Waals surface area contributed by atoms with Gasteiger partial charge >= 0.3 is 0 Å². The zero-order chi connectivity index (χ0) is 16.9. The van der Waals surface area contributed by atoms with Gasteiger partial charge in [-0.25, -0.2) is 0 Å². The summed E-state index contributed by atoms with van der Waals surface area (Å²) in [6.45, 7) is 1.03. The Kier molecular flexibility index (Phi) is 5.69. The minimum absolute atomic E-state index is 0.0223. The van der Waals surface area contributed by atoms with E-state index in [2.05, 4.69) is 42.5 Å². The minimum Gasteiger partial charge on any atom is -0.321 e. The summed E-state index contributed by atoms with van der Waals surface area (Å²) in [4.78, 5) is 16.9. The number of rotatable bonds is 5. The molecule has 0 radical (unpaired) electrons. The van der Waals surface area contributed by atoms with E-state index in [-0.39, 0.29) is 5.91 Å². The second-order valence-electron chi connectivity index (χ2n) is 6.82. The number of amides is 1. The molecule has 0 unspecified atom stereocenters. The smallest absolute Gasteiger partial charge is 0.265 e. The van der Waals surface area contributed by atoms with Gasteiger partial charge in [0, 0.05) is 17.1 Å². The Bertz CT molecular complexity index is 665. The van der Waals surface area contributed by atoms with Crippen LogP contribution in [0.5, 0.6) is 0 Å². The molecule has 0 atom stereocenters. The predicted molar refractivity (Wildman–Crippen MR) is 102 cm³/mol. The van der Waals surface area contributed by atoms with Crippen LogP contribution in [0, 0.1) is 0 Å². The number of nitrogens with zero attached hydrogens (tertiary/aromatic N) is 1. The molecule has 1 aliphatic rings. The van der Waals surface area contributed by atoms with E-state index < -0.39 is 0 Å². The summed E-state index contributed by atoms with van der Waals surface area (Å²) in [6.07, 6.45) is 7.09. The van der Waals surface area contributed by atoms with Crippen LogP contribution in [-0.2, 0) is 19.3 Å². The minimum atomic E-state index is 0.0223. The largest absolute Gasteiger partial charge is 0.321 e. The van der Waals surface area contributed by atoms with Gasteiger partial charge in [0.25, 0.3) is 5.91 Å². The van der Waals surface area contributed by atoms with Crippen molar-refractivity contribution < 1.29 is 4.79 Å². The molecule has 3 nitrogen and oxygen atoms in total. The Morgan fingerprint density at radius 1 is 1.12 bits per heavy atom. The highest BCUT2D eigenvalue weighted by molar-refractivity contribution is 7.14. The number of nitrogens with one attached hydrogen (secondary N) is 1. The third-order valence-corrected chi connectivity index (χ3v) is 5.77. The van der Waals surface area contributed by atoms with Crippen LogP contribution in [0.15, 0.2) is 30.3 Å². The first-order chi connectivity index (χ1) is 11.6. The molecule has 1 N–H and O–H groups in total. The highest BCUT2D eigenvalue weighted by Crippen LogP contribution is 2.29. The number of benzene rings is 1. The molecule has 1 aromatic carbocycles. The van der Waals surface area contributed by atoms with Crippen molar-refractivity contribution in [2.45, 2.75) is 38.5 Å². The molecule has 0 fully saturated rings. The van der Waals surface area contributed by atoms with Crippen molar-refractivity contribution in [3.63, 3.8) is 0 Å². The predicted octanol–water partition coefficient (Wildman–Crippen LogP) is 4.37. The van der Waals surface area contributed by atoms with Crippen LogP contribution < -0.4 is 5.32 Å². The Balaban J connectivity index is 1.62. The van der Waals surface area contributed by atoms with E-state index in [9.17, 15) is 4.79 Å². The van der Waals surface area contributed by atoms with Gasteiger partial charge in [0.2, 0.25) is 0 Å². The van der Waals surface area contributed by atoms with E-state index >= 15 is 0 Å². The number of likely N-dealkylation sites (N-methyl/N-ethyl adjacent to an activating group) is 1. The van der Waals surface area contributed by atoms with Crippen molar-refractivity contribution in [1.82, 2.24) is 4.90 Å². The summed E-state index contributed by atoms with van der Waals surface area (Å²) in [7, 11) is 4.16. The van der Waals surface area contributed by atoms with E-state index in [1.165, 1.54) is 35.3 Å². The van der Waals surface area contributed by atoms with Crippen molar-refractivity contribution in [2.75, 3.05) is 26.0 Å². The number of thiophene rings is 1.